The summed E-state index contributed by atoms with van der Waals surface area (Å²) in [6, 6.07) is 10.5. The van der Waals surface area contributed by atoms with Crippen LogP contribution in [0.2, 0.25) is 5.02 Å². The van der Waals surface area contributed by atoms with E-state index in [2.05, 4.69) is 4.90 Å². The van der Waals surface area contributed by atoms with Crippen LogP contribution in [0.4, 0.5) is 20.2 Å². The van der Waals surface area contributed by atoms with Crippen molar-refractivity contribution in [1.82, 2.24) is 4.90 Å². The molecule has 2 aromatic rings. The van der Waals surface area contributed by atoms with E-state index in [4.69, 9.17) is 11.6 Å². The first-order valence-electron chi connectivity index (χ1n) is 9.86. The Morgan fingerprint density at radius 1 is 1.06 bits per heavy atom. The quantitative estimate of drug-likeness (QED) is 0.620. The lowest BCUT2D eigenvalue weighted by atomic mass is 10.2. The summed E-state index contributed by atoms with van der Waals surface area (Å²) < 4.78 is 51.9. The smallest absolute Gasteiger partial charge is 0.232 e. The van der Waals surface area contributed by atoms with Gasteiger partial charge in [0.05, 0.1) is 11.9 Å². The van der Waals surface area contributed by atoms with Crippen LogP contribution in [0, 0.1) is 11.6 Å². The molecule has 0 saturated carbocycles. The van der Waals surface area contributed by atoms with E-state index in [9.17, 15) is 22.0 Å². The number of piperazine rings is 1. The van der Waals surface area contributed by atoms with Crippen LogP contribution >= 0.6 is 11.6 Å². The summed E-state index contributed by atoms with van der Waals surface area (Å²) in [7, 11) is -3.71. The zero-order valence-corrected chi connectivity index (χ0v) is 18.7. The zero-order chi connectivity index (χ0) is 22.6. The van der Waals surface area contributed by atoms with Gasteiger partial charge in [0.25, 0.3) is 0 Å². The molecule has 1 heterocycles. The van der Waals surface area contributed by atoms with Crippen molar-refractivity contribution in [2.24, 2.45) is 0 Å². The van der Waals surface area contributed by atoms with E-state index in [1.54, 1.807) is 4.90 Å². The molecule has 0 atom stereocenters. The van der Waals surface area contributed by atoms with E-state index in [1.165, 1.54) is 6.07 Å². The number of hydrogen-bond acceptors (Lipinski definition) is 4. The van der Waals surface area contributed by atoms with Gasteiger partial charge >= 0.3 is 0 Å². The third kappa shape index (κ3) is 6.07. The zero-order valence-electron chi connectivity index (χ0n) is 17.1. The standard InChI is InChI=1S/C21H24ClF2N3O3S/c1-31(29,30)27(18-7-8-19(23)20(24)15-18)9-3-6-21(28)26-12-10-25(11-13-26)17-5-2-4-16(22)14-17/h2,4-5,7-8,14-15H,3,6,9-13H2,1H3. The maximum atomic E-state index is 13.5. The molecule has 0 unspecified atom stereocenters. The first kappa shape index (κ1) is 23.3. The fraction of sp³-hybridized carbons (Fsp3) is 0.381. The average molecular weight is 472 g/mol. The molecule has 31 heavy (non-hydrogen) atoms. The lowest BCUT2D eigenvalue weighted by Crippen LogP contribution is -2.48. The Morgan fingerprint density at radius 3 is 2.39 bits per heavy atom. The molecule has 10 heteroatoms. The van der Waals surface area contributed by atoms with Crippen LogP contribution in [0.3, 0.4) is 0 Å². The van der Waals surface area contributed by atoms with Gasteiger partial charge in [-0.25, -0.2) is 17.2 Å². The monoisotopic (exact) mass is 471 g/mol. The van der Waals surface area contributed by atoms with E-state index in [0.29, 0.717) is 31.2 Å². The first-order chi connectivity index (χ1) is 14.6. The van der Waals surface area contributed by atoms with Crippen molar-refractivity contribution in [3.05, 3.63) is 59.1 Å². The summed E-state index contributed by atoms with van der Waals surface area (Å²) in [5, 5.41) is 0.660. The van der Waals surface area contributed by atoms with Gasteiger partial charge in [-0.3, -0.25) is 9.10 Å². The number of halogens is 3. The van der Waals surface area contributed by atoms with Crippen molar-refractivity contribution in [2.75, 3.05) is 48.2 Å². The molecular formula is C21H24ClF2N3O3S. The van der Waals surface area contributed by atoms with Gasteiger partial charge in [0.2, 0.25) is 15.9 Å². The maximum Gasteiger partial charge on any atom is 0.232 e. The molecule has 168 valence electrons. The normalized spacial score (nSPS) is 14.6. The van der Waals surface area contributed by atoms with Crippen LogP contribution in [0.1, 0.15) is 12.8 Å². The molecule has 6 nitrogen and oxygen atoms in total. The Hall–Kier alpha value is -2.39. The molecule has 0 bridgehead atoms. The number of amides is 1. The van der Waals surface area contributed by atoms with Gasteiger partial charge < -0.3 is 9.80 Å². The lowest BCUT2D eigenvalue weighted by molar-refractivity contribution is -0.131. The SMILES string of the molecule is CS(=O)(=O)N(CCCC(=O)N1CCN(c2cccc(Cl)c2)CC1)c1ccc(F)c(F)c1. The average Bonchev–Trinajstić information content (AvgIpc) is 2.72. The van der Waals surface area contributed by atoms with Crippen molar-refractivity contribution in [1.29, 1.82) is 0 Å². The van der Waals surface area contributed by atoms with Crippen molar-refractivity contribution >= 4 is 38.9 Å². The Morgan fingerprint density at radius 2 is 1.77 bits per heavy atom. The van der Waals surface area contributed by atoms with Crippen LogP contribution in [-0.4, -0.2) is 58.2 Å². The van der Waals surface area contributed by atoms with E-state index in [0.717, 1.165) is 28.4 Å². The van der Waals surface area contributed by atoms with Gasteiger partial charge in [-0.2, -0.15) is 0 Å². The van der Waals surface area contributed by atoms with Gasteiger partial charge in [-0.15, -0.1) is 0 Å². The second kappa shape index (κ2) is 9.82. The Labute approximate surface area is 186 Å². The summed E-state index contributed by atoms with van der Waals surface area (Å²) in [5.41, 5.74) is 1.04. The summed E-state index contributed by atoms with van der Waals surface area (Å²) in [5.74, 6) is -2.24. The third-order valence-electron chi connectivity index (χ3n) is 5.15. The molecule has 0 spiro atoms. The number of nitrogens with zero attached hydrogens (tertiary/aromatic N) is 3. The number of benzene rings is 2. The molecule has 1 saturated heterocycles. The summed E-state index contributed by atoms with van der Waals surface area (Å²) in [6.45, 7) is 2.47. The predicted octanol–water partition coefficient (Wildman–Crippen LogP) is 3.51. The molecule has 0 aromatic heterocycles. The Bertz CT molecular complexity index is 1040. The molecule has 1 amide bonds. The molecule has 3 rings (SSSR count). The molecule has 1 fully saturated rings. The number of hydrogen-bond donors (Lipinski definition) is 0. The van der Waals surface area contributed by atoms with Crippen molar-refractivity contribution in [2.45, 2.75) is 12.8 Å². The second-order valence-corrected chi connectivity index (χ2v) is 9.73. The number of sulfonamides is 1. The van der Waals surface area contributed by atoms with Crippen molar-refractivity contribution in [3.63, 3.8) is 0 Å². The molecule has 0 radical (unpaired) electrons. The van der Waals surface area contributed by atoms with Gasteiger partial charge in [0.15, 0.2) is 11.6 Å². The highest BCUT2D eigenvalue weighted by atomic mass is 35.5. The lowest BCUT2D eigenvalue weighted by Gasteiger charge is -2.36. The van der Waals surface area contributed by atoms with E-state index in [-0.39, 0.29) is 31.0 Å². The van der Waals surface area contributed by atoms with Crippen LogP contribution in [0.25, 0.3) is 0 Å². The molecular weight excluding hydrogens is 448 g/mol. The summed E-state index contributed by atoms with van der Waals surface area (Å²) >= 11 is 6.04. The van der Waals surface area contributed by atoms with Crippen LogP contribution in [0.15, 0.2) is 42.5 Å². The molecule has 1 aliphatic heterocycles. The predicted molar refractivity (Wildman–Crippen MR) is 118 cm³/mol. The van der Waals surface area contributed by atoms with Gasteiger partial charge in [-0.1, -0.05) is 17.7 Å². The minimum atomic E-state index is -3.71. The minimum Gasteiger partial charge on any atom is -0.368 e. The first-order valence-corrected chi connectivity index (χ1v) is 12.1. The van der Waals surface area contributed by atoms with E-state index >= 15 is 0 Å². The number of rotatable bonds is 7. The maximum absolute atomic E-state index is 13.5. The van der Waals surface area contributed by atoms with Gasteiger partial charge in [0.1, 0.15) is 0 Å². The van der Waals surface area contributed by atoms with Gasteiger partial charge in [0, 0.05) is 55.9 Å². The molecule has 2 aromatic carbocycles. The topological polar surface area (TPSA) is 60.9 Å². The highest BCUT2D eigenvalue weighted by Gasteiger charge is 2.23. The van der Waals surface area contributed by atoms with E-state index in [1.807, 2.05) is 24.3 Å². The summed E-state index contributed by atoms with van der Waals surface area (Å²) in [6.07, 6.45) is 1.41. The summed E-state index contributed by atoms with van der Waals surface area (Å²) in [4.78, 5) is 16.5. The van der Waals surface area contributed by atoms with Crippen LogP contribution in [0.5, 0.6) is 0 Å². The molecule has 1 aliphatic rings. The number of carbonyl (C=O) groups is 1. The Kier molecular flexibility index (Phi) is 7.38. The fourth-order valence-electron chi connectivity index (χ4n) is 3.55. The van der Waals surface area contributed by atoms with Crippen molar-refractivity contribution in [3.8, 4) is 0 Å². The minimum absolute atomic E-state index is 0.00186. The number of anilines is 2. The molecule has 0 N–H and O–H groups in total. The largest absolute Gasteiger partial charge is 0.368 e. The number of carbonyl (C=O) groups excluding carboxylic acids is 1. The van der Waals surface area contributed by atoms with Crippen LogP contribution < -0.4 is 9.21 Å². The van der Waals surface area contributed by atoms with E-state index < -0.39 is 21.7 Å². The second-order valence-electron chi connectivity index (χ2n) is 7.38. The van der Waals surface area contributed by atoms with Crippen LogP contribution in [-0.2, 0) is 14.8 Å². The highest BCUT2D eigenvalue weighted by Crippen LogP contribution is 2.23. The van der Waals surface area contributed by atoms with Gasteiger partial charge in [-0.05, 0) is 36.8 Å². The highest BCUT2D eigenvalue weighted by molar-refractivity contribution is 7.92. The molecule has 0 aliphatic carbocycles. The Balaban J connectivity index is 1.53. The van der Waals surface area contributed by atoms with Crippen molar-refractivity contribution < 1.29 is 22.0 Å². The fourth-order valence-corrected chi connectivity index (χ4v) is 4.69. The third-order valence-corrected chi connectivity index (χ3v) is 6.58.